The number of likely N-dealkylation sites (N-methyl/N-ethyl adjacent to an activating group) is 1. The number of alkyl halides is 1. The highest BCUT2D eigenvalue weighted by Crippen LogP contribution is 2.28. The van der Waals surface area contributed by atoms with Gasteiger partial charge >= 0.3 is 0 Å². The minimum Gasteiger partial charge on any atom is -0.370 e. The maximum Gasteiger partial charge on any atom is 0.0485 e. The Balaban J connectivity index is 2.11. The lowest BCUT2D eigenvalue weighted by molar-refractivity contribution is 0.315. The summed E-state index contributed by atoms with van der Waals surface area (Å²) in [6.45, 7) is 2.25. The molecular weight excluding hydrogens is 300 g/mol. The highest BCUT2D eigenvalue weighted by Gasteiger charge is 2.24. The normalized spacial score (nSPS) is 20.3. The van der Waals surface area contributed by atoms with Gasteiger partial charge in [-0.2, -0.15) is 0 Å². The zero-order valence-electron chi connectivity index (χ0n) is 10.3. The lowest BCUT2D eigenvalue weighted by atomic mass is 10.2. The molecule has 94 valence electrons. The van der Waals surface area contributed by atoms with E-state index in [2.05, 4.69) is 58.0 Å². The van der Waals surface area contributed by atoms with Crippen molar-refractivity contribution in [2.45, 2.75) is 18.3 Å². The second-order valence-electron chi connectivity index (χ2n) is 4.76. The maximum atomic E-state index is 5.86. The molecule has 0 radical (unpaired) electrons. The van der Waals surface area contributed by atoms with Gasteiger partial charge in [-0.3, -0.25) is 0 Å². The summed E-state index contributed by atoms with van der Waals surface area (Å²) in [6, 6.07) is 7.12. The summed E-state index contributed by atoms with van der Waals surface area (Å²) in [5.74, 6) is 0.557. The standard InChI is InChI=1S/C13H18BrClN2/c1-16(2)12-5-6-17(9-12)11-4-3-10(8-15)13(14)7-11/h3-4,7,12H,5-6,8-9H2,1-2H3. The van der Waals surface area contributed by atoms with E-state index in [0.717, 1.165) is 23.1 Å². The topological polar surface area (TPSA) is 6.48 Å². The number of benzene rings is 1. The fraction of sp³-hybridized carbons (Fsp3) is 0.538. The van der Waals surface area contributed by atoms with Crippen molar-refractivity contribution in [1.29, 1.82) is 0 Å². The molecule has 1 fully saturated rings. The van der Waals surface area contributed by atoms with E-state index < -0.39 is 0 Å². The molecule has 1 unspecified atom stereocenters. The molecule has 1 aliphatic rings. The fourth-order valence-electron chi connectivity index (χ4n) is 2.24. The third-order valence-electron chi connectivity index (χ3n) is 3.44. The molecule has 0 aromatic heterocycles. The van der Waals surface area contributed by atoms with Crippen LogP contribution in [-0.2, 0) is 5.88 Å². The number of anilines is 1. The zero-order valence-corrected chi connectivity index (χ0v) is 12.6. The van der Waals surface area contributed by atoms with Gasteiger partial charge in [0.1, 0.15) is 0 Å². The number of hydrogen-bond acceptors (Lipinski definition) is 2. The van der Waals surface area contributed by atoms with Gasteiger partial charge in [-0.25, -0.2) is 0 Å². The van der Waals surface area contributed by atoms with Crippen molar-refractivity contribution in [2.75, 3.05) is 32.1 Å². The quantitative estimate of drug-likeness (QED) is 0.789. The summed E-state index contributed by atoms with van der Waals surface area (Å²) < 4.78 is 1.11. The molecule has 4 heteroatoms. The molecule has 1 aliphatic heterocycles. The summed E-state index contributed by atoms with van der Waals surface area (Å²) in [5, 5.41) is 0. The van der Waals surface area contributed by atoms with E-state index in [1.165, 1.54) is 12.1 Å². The SMILES string of the molecule is CN(C)C1CCN(c2ccc(CCl)c(Br)c2)C1. The van der Waals surface area contributed by atoms with Gasteiger partial charge in [0.15, 0.2) is 0 Å². The van der Waals surface area contributed by atoms with E-state index in [9.17, 15) is 0 Å². The third kappa shape index (κ3) is 2.95. The van der Waals surface area contributed by atoms with Crippen LogP contribution in [0.3, 0.4) is 0 Å². The third-order valence-corrected chi connectivity index (χ3v) is 4.47. The summed E-state index contributed by atoms with van der Waals surface area (Å²) in [7, 11) is 4.31. The second-order valence-corrected chi connectivity index (χ2v) is 5.88. The summed E-state index contributed by atoms with van der Waals surface area (Å²) in [5.41, 5.74) is 2.44. The Kier molecular flexibility index (Phi) is 4.34. The molecule has 1 aromatic carbocycles. The number of rotatable bonds is 3. The predicted molar refractivity (Wildman–Crippen MR) is 78.0 cm³/mol. The first-order chi connectivity index (χ1) is 8.11. The van der Waals surface area contributed by atoms with Crippen LogP contribution in [0.2, 0.25) is 0 Å². The van der Waals surface area contributed by atoms with E-state index in [-0.39, 0.29) is 0 Å². The first-order valence-electron chi connectivity index (χ1n) is 5.87. The zero-order chi connectivity index (χ0) is 12.4. The van der Waals surface area contributed by atoms with E-state index >= 15 is 0 Å². The van der Waals surface area contributed by atoms with E-state index in [1.807, 2.05) is 0 Å². The van der Waals surface area contributed by atoms with Gasteiger partial charge in [-0.05, 0) is 38.2 Å². The Bertz CT molecular complexity index is 395. The molecule has 1 atom stereocenters. The Hall–Kier alpha value is -0.250. The lowest BCUT2D eigenvalue weighted by Gasteiger charge is -2.22. The predicted octanol–water partition coefficient (Wildman–Crippen LogP) is 3.33. The number of hydrogen-bond donors (Lipinski definition) is 0. The Morgan fingerprint density at radius 3 is 2.76 bits per heavy atom. The molecule has 1 heterocycles. The van der Waals surface area contributed by atoms with Gasteiger partial charge < -0.3 is 9.80 Å². The van der Waals surface area contributed by atoms with Gasteiger partial charge in [-0.1, -0.05) is 22.0 Å². The monoisotopic (exact) mass is 316 g/mol. The van der Waals surface area contributed by atoms with Crippen molar-refractivity contribution in [3.8, 4) is 0 Å². The molecule has 2 nitrogen and oxygen atoms in total. The van der Waals surface area contributed by atoms with Crippen LogP contribution in [0.25, 0.3) is 0 Å². The molecule has 1 saturated heterocycles. The minimum absolute atomic E-state index is 0.557. The van der Waals surface area contributed by atoms with Gasteiger partial charge in [0.25, 0.3) is 0 Å². The van der Waals surface area contributed by atoms with Crippen molar-refractivity contribution < 1.29 is 0 Å². The summed E-state index contributed by atoms with van der Waals surface area (Å²) in [6.07, 6.45) is 1.24. The van der Waals surface area contributed by atoms with Crippen LogP contribution in [0.1, 0.15) is 12.0 Å². The van der Waals surface area contributed by atoms with Gasteiger partial charge in [0, 0.05) is 35.2 Å². The molecule has 2 rings (SSSR count). The second kappa shape index (κ2) is 5.59. The van der Waals surface area contributed by atoms with E-state index in [1.54, 1.807) is 0 Å². The molecule has 0 aliphatic carbocycles. The molecule has 0 N–H and O–H groups in total. The van der Waals surface area contributed by atoms with Crippen molar-refractivity contribution in [2.24, 2.45) is 0 Å². The average molecular weight is 318 g/mol. The van der Waals surface area contributed by atoms with Crippen LogP contribution >= 0.6 is 27.5 Å². The smallest absolute Gasteiger partial charge is 0.0485 e. The van der Waals surface area contributed by atoms with Gasteiger partial charge in [0.2, 0.25) is 0 Å². The van der Waals surface area contributed by atoms with Crippen molar-refractivity contribution in [3.63, 3.8) is 0 Å². The molecule has 0 saturated carbocycles. The van der Waals surface area contributed by atoms with Crippen molar-refractivity contribution >= 4 is 33.2 Å². The summed E-state index contributed by atoms with van der Waals surface area (Å²) in [4.78, 5) is 4.75. The van der Waals surface area contributed by atoms with Crippen LogP contribution in [0.5, 0.6) is 0 Å². The van der Waals surface area contributed by atoms with Crippen molar-refractivity contribution in [3.05, 3.63) is 28.2 Å². The van der Waals surface area contributed by atoms with Crippen molar-refractivity contribution in [1.82, 2.24) is 4.90 Å². The summed E-state index contributed by atoms with van der Waals surface area (Å²) >= 11 is 9.44. The average Bonchev–Trinajstić information content (AvgIpc) is 2.78. The van der Waals surface area contributed by atoms with E-state index in [0.29, 0.717) is 11.9 Å². The molecule has 1 aromatic rings. The Labute approximate surface area is 117 Å². The first-order valence-corrected chi connectivity index (χ1v) is 7.20. The Morgan fingerprint density at radius 1 is 1.47 bits per heavy atom. The fourth-order valence-corrected chi connectivity index (χ4v) is 3.14. The lowest BCUT2D eigenvalue weighted by Crippen LogP contribution is -2.31. The van der Waals surface area contributed by atoms with Gasteiger partial charge in [0.05, 0.1) is 0 Å². The molecule has 0 spiro atoms. The minimum atomic E-state index is 0.557. The number of nitrogens with zero attached hydrogens (tertiary/aromatic N) is 2. The number of halogens is 2. The maximum absolute atomic E-state index is 5.86. The first kappa shape index (κ1) is 13.2. The van der Waals surface area contributed by atoms with Crippen LogP contribution in [-0.4, -0.2) is 38.1 Å². The molecule has 17 heavy (non-hydrogen) atoms. The van der Waals surface area contributed by atoms with Crippen LogP contribution in [0.4, 0.5) is 5.69 Å². The van der Waals surface area contributed by atoms with Crippen LogP contribution in [0, 0.1) is 0 Å². The Morgan fingerprint density at radius 2 is 2.24 bits per heavy atom. The molecule has 0 amide bonds. The highest BCUT2D eigenvalue weighted by atomic mass is 79.9. The van der Waals surface area contributed by atoms with Gasteiger partial charge in [-0.15, -0.1) is 11.6 Å². The molecule has 0 bridgehead atoms. The molecular formula is C13H18BrClN2. The largest absolute Gasteiger partial charge is 0.370 e. The highest BCUT2D eigenvalue weighted by molar-refractivity contribution is 9.10. The van der Waals surface area contributed by atoms with E-state index in [4.69, 9.17) is 11.6 Å². The van der Waals surface area contributed by atoms with Crippen LogP contribution < -0.4 is 4.90 Å². The van der Waals surface area contributed by atoms with Crippen LogP contribution in [0.15, 0.2) is 22.7 Å².